The van der Waals surface area contributed by atoms with E-state index in [0.29, 0.717) is 23.0 Å². The number of aromatic nitrogens is 3. The zero-order valence-corrected chi connectivity index (χ0v) is 28.8. The summed E-state index contributed by atoms with van der Waals surface area (Å²) in [4.78, 5) is 52.9. The molecule has 1 unspecified atom stereocenters. The van der Waals surface area contributed by atoms with Crippen molar-refractivity contribution in [1.82, 2.24) is 25.6 Å². The highest BCUT2D eigenvalue weighted by atomic mass is 32.1. The Morgan fingerprint density at radius 3 is 2.48 bits per heavy atom. The molecule has 4 aromatic rings. The van der Waals surface area contributed by atoms with Gasteiger partial charge in [-0.25, -0.2) is 9.97 Å². The quantitative estimate of drug-likeness (QED) is 0.123. The number of thiazole rings is 1. The van der Waals surface area contributed by atoms with Crippen LogP contribution in [0, 0.1) is 11.8 Å². The van der Waals surface area contributed by atoms with Gasteiger partial charge in [-0.2, -0.15) is 0 Å². The van der Waals surface area contributed by atoms with Crippen molar-refractivity contribution in [3.8, 4) is 0 Å². The summed E-state index contributed by atoms with van der Waals surface area (Å²) in [5.41, 5.74) is 0.799. The van der Waals surface area contributed by atoms with Crippen LogP contribution in [0.25, 0.3) is 10.8 Å². The van der Waals surface area contributed by atoms with Crippen molar-refractivity contribution in [2.45, 2.75) is 102 Å². The molecular weight excluding hydrogens is 627 g/mol. The summed E-state index contributed by atoms with van der Waals surface area (Å²) in [5.74, 6) is -1.79. The Morgan fingerprint density at radius 1 is 1.00 bits per heavy atom. The molecule has 0 spiro atoms. The van der Waals surface area contributed by atoms with E-state index >= 15 is 0 Å². The van der Waals surface area contributed by atoms with Crippen molar-refractivity contribution in [2.75, 3.05) is 0 Å². The molecule has 5 rings (SSSR count). The Kier molecular flexibility index (Phi) is 12.0. The van der Waals surface area contributed by atoms with Crippen LogP contribution in [-0.2, 0) is 32.0 Å². The third-order valence-corrected chi connectivity index (χ3v) is 9.72. The van der Waals surface area contributed by atoms with Gasteiger partial charge < -0.3 is 25.5 Å². The van der Waals surface area contributed by atoms with E-state index < -0.39 is 47.5 Å². The fourth-order valence-corrected chi connectivity index (χ4v) is 7.26. The molecule has 0 bridgehead atoms. The number of hydrogen-bond donors (Lipinski definition) is 4. The zero-order chi connectivity index (χ0) is 34.1. The first-order valence-electron chi connectivity index (χ1n) is 16.9. The van der Waals surface area contributed by atoms with Gasteiger partial charge in [0.15, 0.2) is 0 Å². The number of aromatic amines is 1. The van der Waals surface area contributed by atoms with Crippen LogP contribution in [0.1, 0.15) is 88.1 Å². The lowest BCUT2D eigenvalue weighted by Crippen LogP contribution is -2.53. The second-order valence-corrected chi connectivity index (χ2v) is 14.8. The largest absolute Gasteiger partial charge is 0.460 e. The van der Waals surface area contributed by atoms with Crippen LogP contribution in [0.4, 0.5) is 0 Å². The highest BCUT2D eigenvalue weighted by molar-refractivity contribution is 7.09. The first-order valence-corrected chi connectivity index (χ1v) is 17.8. The van der Waals surface area contributed by atoms with Crippen molar-refractivity contribution in [3.63, 3.8) is 0 Å². The van der Waals surface area contributed by atoms with Crippen molar-refractivity contribution >= 4 is 39.9 Å². The SMILES string of the molecule is CC(C)(C)OC(=O)C[C@@H](Cc1cccc2ccccc12)C(=O)N[C@@H](Cc1c[nH]cn1)C(=O)NC(CC1CCCCC1)[C@H](O)c1nccs1. The number of hydrogen-bond acceptors (Lipinski definition) is 8. The van der Waals surface area contributed by atoms with E-state index in [9.17, 15) is 19.5 Å². The number of esters is 1. The molecule has 0 aliphatic heterocycles. The van der Waals surface area contributed by atoms with Crippen LogP contribution >= 0.6 is 11.3 Å². The van der Waals surface area contributed by atoms with Crippen LogP contribution in [0.2, 0.25) is 0 Å². The summed E-state index contributed by atoms with van der Waals surface area (Å²) in [6.45, 7) is 5.37. The number of nitrogens with zero attached hydrogens (tertiary/aromatic N) is 2. The minimum absolute atomic E-state index is 0.123. The Morgan fingerprint density at radius 2 is 1.77 bits per heavy atom. The van der Waals surface area contributed by atoms with Crippen molar-refractivity contribution in [1.29, 1.82) is 0 Å². The molecule has 2 amide bonds. The number of ether oxygens (including phenoxy) is 1. The Balaban J connectivity index is 1.39. The van der Waals surface area contributed by atoms with Gasteiger partial charge in [-0.1, -0.05) is 74.6 Å². The molecule has 0 radical (unpaired) electrons. The third-order valence-electron chi connectivity index (χ3n) is 8.88. The first-order chi connectivity index (χ1) is 23.1. The Bertz CT molecular complexity index is 1620. The Hall–Kier alpha value is -4.09. The predicted molar refractivity (Wildman–Crippen MR) is 186 cm³/mol. The number of fused-ring (bicyclic) bond motifs is 1. The number of imidazole rings is 1. The molecule has 256 valence electrons. The molecule has 2 aromatic carbocycles. The zero-order valence-electron chi connectivity index (χ0n) is 28.0. The summed E-state index contributed by atoms with van der Waals surface area (Å²) in [5, 5.41) is 21.8. The monoisotopic (exact) mass is 673 g/mol. The third kappa shape index (κ3) is 9.96. The van der Waals surface area contributed by atoms with Gasteiger partial charge in [-0.05, 0) is 55.9 Å². The van der Waals surface area contributed by atoms with Gasteiger partial charge in [0.25, 0.3) is 0 Å². The number of nitrogens with one attached hydrogen (secondary N) is 3. The molecular formula is C37H47N5O5S. The normalized spacial score (nSPS) is 16.5. The van der Waals surface area contributed by atoms with E-state index in [-0.39, 0.29) is 19.3 Å². The summed E-state index contributed by atoms with van der Waals surface area (Å²) >= 11 is 1.35. The van der Waals surface area contributed by atoms with Gasteiger partial charge in [0.05, 0.1) is 30.4 Å². The lowest BCUT2D eigenvalue weighted by atomic mass is 9.83. The summed E-state index contributed by atoms with van der Waals surface area (Å²) in [6, 6.07) is 12.2. The number of carbonyl (C=O) groups excluding carboxylic acids is 3. The van der Waals surface area contributed by atoms with E-state index in [2.05, 4.69) is 25.6 Å². The number of aliphatic hydroxyl groups excluding tert-OH is 1. The van der Waals surface area contributed by atoms with Gasteiger partial charge in [0.2, 0.25) is 11.8 Å². The van der Waals surface area contributed by atoms with Crippen LogP contribution in [0.15, 0.2) is 66.6 Å². The molecule has 2 heterocycles. The van der Waals surface area contributed by atoms with E-state index in [1.165, 1.54) is 24.1 Å². The molecule has 10 nitrogen and oxygen atoms in total. The maximum absolute atomic E-state index is 14.2. The molecule has 4 N–H and O–H groups in total. The lowest BCUT2D eigenvalue weighted by Gasteiger charge is -2.31. The molecule has 1 saturated carbocycles. The first kappa shape index (κ1) is 35.2. The standard InChI is InChI=1S/C37H47N5O5S/c1-37(2,3)47-32(43)20-27(19-26-14-9-13-25-12-7-8-15-29(25)26)34(45)42-31(21-28-22-38-23-40-28)35(46)41-30(18-24-10-5-4-6-11-24)33(44)36-39-16-17-48-36/h7-9,12-17,22-24,27,30-31,33,44H,4-6,10-11,18-21H2,1-3H3,(H,38,40)(H,41,46)(H,42,45)/t27-,30?,31+,33+/m1/s1. The molecule has 11 heteroatoms. The van der Waals surface area contributed by atoms with Crippen molar-refractivity contribution < 1.29 is 24.2 Å². The van der Waals surface area contributed by atoms with Crippen LogP contribution in [-0.4, -0.2) is 55.5 Å². The topological polar surface area (TPSA) is 146 Å². The number of carbonyl (C=O) groups is 3. The van der Waals surface area contributed by atoms with Gasteiger partial charge >= 0.3 is 5.97 Å². The highest BCUT2D eigenvalue weighted by Crippen LogP contribution is 2.31. The second kappa shape index (κ2) is 16.3. The molecule has 48 heavy (non-hydrogen) atoms. The number of rotatable bonds is 14. The lowest BCUT2D eigenvalue weighted by molar-refractivity contribution is -0.157. The van der Waals surface area contributed by atoms with E-state index in [4.69, 9.17) is 4.74 Å². The summed E-state index contributed by atoms with van der Waals surface area (Å²) in [6.07, 6.45) is 10.3. The van der Waals surface area contributed by atoms with Crippen LogP contribution < -0.4 is 10.6 Å². The molecule has 1 aliphatic rings. The highest BCUT2D eigenvalue weighted by Gasteiger charge is 2.34. The second-order valence-electron chi connectivity index (χ2n) is 13.8. The Labute approximate surface area is 286 Å². The number of amides is 2. The molecule has 1 aliphatic carbocycles. The molecule has 4 atom stereocenters. The smallest absolute Gasteiger partial charge is 0.307 e. The van der Waals surface area contributed by atoms with Gasteiger partial charge in [0.1, 0.15) is 22.8 Å². The number of aliphatic hydroxyl groups is 1. The van der Waals surface area contributed by atoms with Crippen molar-refractivity contribution in [3.05, 3.63) is 82.8 Å². The average Bonchev–Trinajstić information content (AvgIpc) is 3.78. The van der Waals surface area contributed by atoms with E-state index in [1.54, 1.807) is 38.5 Å². The minimum Gasteiger partial charge on any atom is -0.460 e. The molecule has 2 aromatic heterocycles. The van der Waals surface area contributed by atoms with Crippen LogP contribution in [0.3, 0.4) is 0 Å². The van der Waals surface area contributed by atoms with Gasteiger partial charge in [0, 0.05) is 24.2 Å². The fourth-order valence-electron chi connectivity index (χ4n) is 6.57. The summed E-state index contributed by atoms with van der Waals surface area (Å²) < 4.78 is 5.62. The van der Waals surface area contributed by atoms with Gasteiger partial charge in [-0.15, -0.1) is 11.3 Å². The van der Waals surface area contributed by atoms with Crippen molar-refractivity contribution in [2.24, 2.45) is 11.8 Å². The number of H-pyrrole nitrogens is 1. The van der Waals surface area contributed by atoms with E-state index in [0.717, 1.165) is 42.0 Å². The predicted octanol–water partition coefficient (Wildman–Crippen LogP) is 5.83. The average molecular weight is 674 g/mol. The minimum atomic E-state index is -1.01. The molecule has 1 fully saturated rings. The summed E-state index contributed by atoms with van der Waals surface area (Å²) in [7, 11) is 0. The van der Waals surface area contributed by atoms with Gasteiger partial charge in [-0.3, -0.25) is 14.4 Å². The van der Waals surface area contributed by atoms with E-state index in [1.807, 2.05) is 42.5 Å². The van der Waals surface area contributed by atoms with Crippen LogP contribution in [0.5, 0.6) is 0 Å². The maximum Gasteiger partial charge on any atom is 0.307 e. The molecule has 0 saturated heterocycles. The fraction of sp³-hybridized carbons (Fsp3) is 0.486. The number of benzene rings is 2. The maximum atomic E-state index is 14.2.